The molecule has 100 valence electrons. The third-order valence-corrected chi connectivity index (χ3v) is 3.84. The van der Waals surface area contributed by atoms with Gasteiger partial charge < -0.3 is 15.1 Å². The fraction of sp³-hybridized carbons (Fsp3) is 0.923. The number of amides is 1. The number of hydrogen-bond acceptors (Lipinski definition) is 3. The first-order chi connectivity index (χ1) is 8.04. The summed E-state index contributed by atoms with van der Waals surface area (Å²) < 4.78 is 0. The minimum atomic E-state index is 0.184. The first-order valence-electron chi connectivity index (χ1n) is 6.70. The van der Waals surface area contributed by atoms with Crippen molar-refractivity contribution in [1.29, 1.82) is 0 Å². The van der Waals surface area contributed by atoms with Crippen LogP contribution in [0.4, 0.5) is 0 Å². The molecule has 1 N–H and O–H groups in total. The van der Waals surface area contributed by atoms with E-state index in [1.807, 2.05) is 14.0 Å². The summed E-state index contributed by atoms with van der Waals surface area (Å²) in [6.45, 7) is 7.79. The summed E-state index contributed by atoms with van der Waals surface area (Å²) in [6, 6.07) is 0.423. The molecule has 0 aromatic carbocycles. The van der Waals surface area contributed by atoms with E-state index in [9.17, 15) is 4.79 Å². The van der Waals surface area contributed by atoms with E-state index >= 15 is 0 Å². The summed E-state index contributed by atoms with van der Waals surface area (Å²) >= 11 is 0. The van der Waals surface area contributed by atoms with Crippen LogP contribution in [0.3, 0.4) is 0 Å². The van der Waals surface area contributed by atoms with Crippen molar-refractivity contribution in [3.63, 3.8) is 0 Å². The molecule has 2 unspecified atom stereocenters. The van der Waals surface area contributed by atoms with Crippen LogP contribution in [0.5, 0.6) is 0 Å². The Morgan fingerprint density at radius 2 is 2.29 bits per heavy atom. The second-order valence-corrected chi connectivity index (χ2v) is 5.24. The van der Waals surface area contributed by atoms with E-state index in [4.69, 9.17) is 0 Å². The van der Waals surface area contributed by atoms with E-state index in [-0.39, 0.29) is 5.91 Å². The fourth-order valence-corrected chi connectivity index (χ4v) is 2.34. The highest BCUT2D eigenvalue weighted by atomic mass is 16.2. The van der Waals surface area contributed by atoms with Crippen molar-refractivity contribution in [2.75, 3.05) is 40.3 Å². The summed E-state index contributed by atoms with van der Waals surface area (Å²) in [5.74, 6) is 0.858. The van der Waals surface area contributed by atoms with E-state index in [0.29, 0.717) is 18.5 Å². The van der Waals surface area contributed by atoms with Crippen LogP contribution < -0.4 is 5.32 Å². The van der Waals surface area contributed by atoms with Crippen LogP contribution in [-0.4, -0.2) is 62.0 Å². The standard InChI is InChI=1S/C13H27N3O/c1-5-16(4)13(17)9-14-11(2)12-7-6-8-15(3)10-12/h11-12,14H,5-10H2,1-4H3. The van der Waals surface area contributed by atoms with Crippen molar-refractivity contribution in [3.8, 4) is 0 Å². The van der Waals surface area contributed by atoms with Gasteiger partial charge in [0.15, 0.2) is 0 Å². The quantitative estimate of drug-likeness (QED) is 0.773. The summed E-state index contributed by atoms with van der Waals surface area (Å²) in [6.07, 6.45) is 2.55. The highest BCUT2D eigenvalue weighted by Crippen LogP contribution is 2.18. The number of rotatable bonds is 5. The van der Waals surface area contributed by atoms with E-state index in [2.05, 4.69) is 24.2 Å². The number of carbonyl (C=O) groups is 1. The Kier molecular flexibility index (Phi) is 5.92. The molecule has 4 nitrogen and oxygen atoms in total. The van der Waals surface area contributed by atoms with Crippen LogP contribution in [-0.2, 0) is 4.79 Å². The van der Waals surface area contributed by atoms with Gasteiger partial charge in [0, 0.05) is 26.2 Å². The summed E-state index contributed by atoms with van der Waals surface area (Å²) in [4.78, 5) is 15.8. The van der Waals surface area contributed by atoms with Gasteiger partial charge in [-0.3, -0.25) is 4.79 Å². The van der Waals surface area contributed by atoms with Gasteiger partial charge in [0.25, 0.3) is 0 Å². The predicted octanol–water partition coefficient (Wildman–Crippen LogP) is 0.785. The molecule has 0 bridgehead atoms. The van der Waals surface area contributed by atoms with E-state index in [1.54, 1.807) is 4.90 Å². The zero-order valence-electron chi connectivity index (χ0n) is 11.7. The number of nitrogens with zero attached hydrogens (tertiary/aromatic N) is 2. The van der Waals surface area contributed by atoms with Crippen LogP contribution in [0.25, 0.3) is 0 Å². The molecule has 0 aromatic heterocycles. The number of hydrogen-bond donors (Lipinski definition) is 1. The summed E-state index contributed by atoms with van der Waals surface area (Å²) in [5, 5.41) is 3.37. The SMILES string of the molecule is CCN(C)C(=O)CNC(C)C1CCCN(C)C1. The number of likely N-dealkylation sites (tertiary alicyclic amines) is 1. The zero-order valence-corrected chi connectivity index (χ0v) is 11.7. The molecule has 1 rings (SSSR count). The molecule has 1 amide bonds. The Morgan fingerprint density at radius 1 is 1.59 bits per heavy atom. The highest BCUT2D eigenvalue weighted by molar-refractivity contribution is 5.77. The molecule has 0 aliphatic carbocycles. The van der Waals surface area contributed by atoms with Gasteiger partial charge in [-0.05, 0) is 46.2 Å². The predicted molar refractivity (Wildman–Crippen MR) is 71.0 cm³/mol. The maximum absolute atomic E-state index is 11.7. The molecule has 0 aromatic rings. The second kappa shape index (κ2) is 6.97. The Labute approximate surface area is 105 Å². The molecule has 1 aliphatic heterocycles. The maximum atomic E-state index is 11.7. The van der Waals surface area contributed by atoms with Crippen LogP contribution in [0.15, 0.2) is 0 Å². The molecule has 17 heavy (non-hydrogen) atoms. The molecular weight excluding hydrogens is 214 g/mol. The van der Waals surface area contributed by atoms with Gasteiger partial charge in [0.2, 0.25) is 5.91 Å². The van der Waals surface area contributed by atoms with Crippen LogP contribution in [0.2, 0.25) is 0 Å². The molecular formula is C13H27N3O. The van der Waals surface area contributed by atoms with Crippen molar-refractivity contribution in [2.45, 2.75) is 32.7 Å². The van der Waals surface area contributed by atoms with E-state index in [0.717, 1.165) is 13.1 Å². The highest BCUT2D eigenvalue weighted by Gasteiger charge is 2.23. The normalized spacial score (nSPS) is 23.4. The zero-order chi connectivity index (χ0) is 12.8. The Bertz CT molecular complexity index is 245. The summed E-state index contributed by atoms with van der Waals surface area (Å²) in [5.41, 5.74) is 0. The lowest BCUT2D eigenvalue weighted by molar-refractivity contribution is -0.128. The van der Waals surface area contributed by atoms with E-state index < -0.39 is 0 Å². The van der Waals surface area contributed by atoms with E-state index in [1.165, 1.54) is 19.4 Å². The fourth-order valence-electron chi connectivity index (χ4n) is 2.34. The molecule has 1 aliphatic rings. The molecule has 0 saturated carbocycles. The van der Waals surface area contributed by atoms with Crippen molar-refractivity contribution in [3.05, 3.63) is 0 Å². The van der Waals surface area contributed by atoms with Crippen molar-refractivity contribution in [1.82, 2.24) is 15.1 Å². The number of carbonyl (C=O) groups excluding carboxylic acids is 1. The summed E-state index contributed by atoms with van der Waals surface area (Å²) in [7, 11) is 4.03. The Morgan fingerprint density at radius 3 is 2.88 bits per heavy atom. The molecule has 1 heterocycles. The van der Waals surface area contributed by atoms with Crippen molar-refractivity contribution < 1.29 is 4.79 Å². The van der Waals surface area contributed by atoms with Gasteiger partial charge >= 0.3 is 0 Å². The lowest BCUT2D eigenvalue weighted by Crippen LogP contribution is -2.46. The first-order valence-corrected chi connectivity index (χ1v) is 6.70. The largest absolute Gasteiger partial charge is 0.345 e. The smallest absolute Gasteiger partial charge is 0.236 e. The molecule has 0 spiro atoms. The van der Waals surface area contributed by atoms with Gasteiger partial charge in [-0.1, -0.05) is 0 Å². The number of piperidine rings is 1. The van der Waals surface area contributed by atoms with Gasteiger partial charge in [0.05, 0.1) is 6.54 Å². The average Bonchev–Trinajstić information content (AvgIpc) is 2.34. The molecule has 2 atom stereocenters. The average molecular weight is 241 g/mol. The van der Waals surface area contributed by atoms with Crippen molar-refractivity contribution >= 4 is 5.91 Å². The number of nitrogens with one attached hydrogen (secondary N) is 1. The lowest BCUT2D eigenvalue weighted by Gasteiger charge is -2.34. The third kappa shape index (κ3) is 4.64. The molecule has 1 fully saturated rings. The maximum Gasteiger partial charge on any atom is 0.236 e. The van der Waals surface area contributed by atoms with Crippen molar-refractivity contribution in [2.24, 2.45) is 5.92 Å². The van der Waals surface area contributed by atoms with Gasteiger partial charge in [-0.15, -0.1) is 0 Å². The van der Waals surface area contributed by atoms with Gasteiger partial charge in [-0.25, -0.2) is 0 Å². The van der Waals surface area contributed by atoms with Crippen LogP contribution in [0, 0.1) is 5.92 Å². The van der Waals surface area contributed by atoms with Crippen LogP contribution in [0.1, 0.15) is 26.7 Å². The molecule has 1 saturated heterocycles. The second-order valence-electron chi connectivity index (χ2n) is 5.24. The molecule has 4 heteroatoms. The van der Waals surface area contributed by atoms with Gasteiger partial charge in [0.1, 0.15) is 0 Å². The Balaban J connectivity index is 2.28. The monoisotopic (exact) mass is 241 g/mol. The Hall–Kier alpha value is -0.610. The van der Waals surface area contributed by atoms with Crippen LogP contribution >= 0.6 is 0 Å². The number of likely N-dealkylation sites (N-methyl/N-ethyl adjacent to an activating group) is 1. The minimum Gasteiger partial charge on any atom is -0.345 e. The topological polar surface area (TPSA) is 35.6 Å². The first kappa shape index (κ1) is 14.5. The lowest BCUT2D eigenvalue weighted by atomic mass is 9.92. The van der Waals surface area contributed by atoms with Gasteiger partial charge in [-0.2, -0.15) is 0 Å². The third-order valence-electron chi connectivity index (χ3n) is 3.84. The minimum absolute atomic E-state index is 0.184. The molecule has 0 radical (unpaired) electrons.